The highest BCUT2D eigenvalue weighted by Crippen LogP contribution is 2.12. The zero-order valence-corrected chi connectivity index (χ0v) is 12.8. The van der Waals surface area contributed by atoms with E-state index < -0.39 is 10.8 Å². The number of amides is 1. The van der Waals surface area contributed by atoms with Crippen molar-refractivity contribution in [3.8, 4) is 0 Å². The maximum atomic E-state index is 12.2. The molecule has 6 nitrogen and oxygen atoms in total. The monoisotopic (exact) mass is 300 g/mol. The van der Waals surface area contributed by atoms with Crippen LogP contribution >= 0.6 is 11.3 Å². The van der Waals surface area contributed by atoms with Crippen molar-refractivity contribution in [3.05, 3.63) is 20.2 Å². The second kappa shape index (κ2) is 7.23. The molecule has 0 saturated heterocycles. The van der Waals surface area contributed by atoms with Crippen LogP contribution in [-0.2, 0) is 11.3 Å². The van der Waals surface area contributed by atoms with Gasteiger partial charge in [0.05, 0.1) is 0 Å². The van der Waals surface area contributed by atoms with E-state index in [0.717, 1.165) is 12.8 Å². The Morgan fingerprint density at radius 2 is 1.80 bits per heavy atom. The van der Waals surface area contributed by atoms with Crippen molar-refractivity contribution in [2.45, 2.75) is 40.2 Å². The van der Waals surface area contributed by atoms with Crippen molar-refractivity contribution in [2.75, 3.05) is 13.1 Å². The van der Waals surface area contributed by atoms with E-state index in [-0.39, 0.29) is 17.3 Å². The van der Waals surface area contributed by atoms with Gasteiger partial charge in [-0.1, -0.05) is 25.2 Å². The second-order valence-corrected chi connectivity index (χ2v) is 5.52. The molecule has 0 unspecified atom stereocenters. The Morgan fingerprint density at radius 3 is 2.20 bits per heavy atom. The Balaban J connectivity index is 2.95. The smallest absolute Gasteiger partial charge is 0.347 e. The minimum atomic E-state index is -1.13. The molecular weight excluding hydrogens is 280 g/mol. The summed E-state index contributed by atoms with van der Waals surface area (Å²) in [6.07, 6.45) is 1.70. The van der Waals surface area contributed by atoms with Gasteiger partial charge in [0.15, 0.2) is 0 Å². The van der Waals surface area contributed by atoms with Gasteiger partial charge in [-0.2, -0.15) is 0 Å². The largest absolute Gasteiger partial charge is 0.477 e. The van der Waals surface area contributed by atoms with E-state index in [2.05, 4.69) is 0 Å². The van der Waals surface area contributed by atoms with Crippen LogP contribution in [0.4, 0.5) is 0 Å². The molecule has 0 atom stereocenters. The molecule has 1 amide bonds. The molecule has 112 valence electrons. The van der Waals surface area contributed by atoms with E-state index in [1.165, 1.54) is 4.57 Å². The molecule has 0 spiro atoms. The van der Waals surface area contributed by atoms with Crippen molar-refractivity contribution in [2.24, 2.45) is 0 Å². The van der Waals surface area contributed by atoms with Crippen molar-refractivity contribution in [3.63, 3.8) is 0 Å². The number of hydrogen-bond donors (Lipinski definition) is 1. The second-order valence-electron chi connectivity index (χ2n) is 4.55. The number of carbonyl (C=O) groups excluding carboxylic acids is 1. The molecule has 0 bridgehead atoms. The van der Waals surface area contributed by atoms with E-state index in [1.807, 2.05) is 13.8 Å². The average molecular weight is 300 g/mol. The molecule has 1 aromatic heterocycles. The summed E-state index contributed by atoms with van der Waals surface area (Å²) in [6, 6.07) is 0. The van der Waals surface area contributed by atoms with Crippen LogP contribution in [0.5, 0.6) is 0 Å². The molecule has 0 aliphatic rings. The first-order chi connectivity index (χ1) is 9.42. The fourth-order valence-electron chi connectivity index (χ4n) is 1.99. The van der Waals surface area contributed by atoms with Gasteiger partial charge in [0, 0.05) is 18.8 Å². The summed E-state index contributed by atoms with van der Waals surface area (Å²) in [5, 5.41) is 8.98. The molecule has 1 aromatic rings. The number of hydrogen-bond acceptors (Lipinski definition) is 4. The summed E-state index contributed by atoms with van der Waals surface area (Å²) in [5.41, 5.74) is 0.341. The van der Waals surface area contributed by atoms with Crippen LogP contribution in [0.1, 0.15) is 42.1 Å². The lowest BCUT2D eigenvalue weighted by molar-refractivity contribution is -0.132. The summed E-state index contributed by atoms with van der Waals surface area (Å²) in [7, 11) is 0. The summed E-state index contributed by atoms with van der Waals surface area (Å²) >= 11 is 0.667. The molecule has 1 N–H and O–H groups in total. The summed E-state index contributed by atoms with van der Waals surface area (Å²) < 4.78 is 1.24. The van der Waals surface area contributed by atoms with Crippen LogP contribution < -0.4 is 4.87 Å². The standard InChI is InChI=1S/C13H20N2O4S/c1-4-6-14(7-5-2)10(16)8-15-9(3)11(12(17)18)20-13(15)19/h4-8H2,1-3H3,(H,17,18). The van der Waals surface area contributed by atoms with Gasteiger partial charge in [-0.15, -0.1) is 0 Å². The number of aromatic carboxylic acids is 1. The number of carbonyl (C=O) groups is 2. The minimum absolute atomic E-state index is 0.000308. The molecule has 0 radical (unpaired) electrons. The Morgan fingerprint density at radius 1 is 1.25 bits per heavy atom. The summed E-state index contributed by atoms with van der Waals surface area (Å²) in [5.74, 6) is -1.27. The van der Waals surface area contributed by atoms with Crippen LogP contribution in [0, 0.1) is 6.92 Å². The molecule has 1 rings (SSSR count). The zero-order chi connectivity index (χ0) is 15.3. The Hall–Kier alpha value is -1.63. The Kier molecular flexibility index (Phi) is 5.94. The first-order valence-electron chi connectivity index (χ1n) is 6.63. The number of carboxylic acids is 1. The van der Waals surface area contributed by atoms with Crippen LogP contribution in [0.3, 0.4) is 0 Å². The lowest BCUT2D eigenvalue weighted by Crippen LogP contribution is -2.37. The number of nitrogens with zero attached hydrogens (tertiary/aromatic N) is 2. The van der Waals surface area contributed by atoms with E-state index in [9.17, 15) is 14.4 Å². The summed E-state index contributed by atoms with van der Waals surface area (Å²) in [6.45, 7) is 6.74. The highest BCUT2D eigenvalue weighted by atomic mass is 32.1. The van der Waals surface area contributed by atoms with E-state index in [1.54, 1.807) is 11.8 Å². The maximum absolute atomic E-state index is 12.2. The molecule has 0 aliphatic heterocycles. The van der Waals surface area contributed by atoms with Crippen molar-refractivity contribution >= 4 is 23.2 Å². The fraction of sp³-hybridized carbons (Fsp3) is 0.615. The number of carboxylic acid groups (broad SMARTS) is 1. The van der Waals surface area contributed by atoms with Gasteiger partial charge in [-0.3, -0.25) is 14.2 Å². The van der Waals surface area contributed by atoms with E-state index >= 15 is 0 Å². The normalized spacial score (nSPS) is 10.6. The molecule has 0 saturated carbocycles. The third-order valence-electron chi connectivity index (χ3n) is 2.97. The van der Waals surface area contributed by atoms with Crippen LogP contribution in [0.15, 0.2) is 4.79 Å². The molecule has 0 aliphatic carbocycles. The van der Waals surface area contributed by atoms with Gasteiger partial charge in [-0.05, 0) is 19.8 Å². The van der Waals surface area contributed by atoms with Crippen LogP contribution in [0.25, 0.3) is 0 Å². The molecular formula is C13H20N2O4S. The maximum Gasteiger partial charge on any atom is 0.347 e. The van der Waals surface area contributed by atoms with Crippen molar-refractivity contribution in [1.29, 1.82) is 0 Å². The molecule has 0 aromatic carbocycles. The molecule has 0 fully saturated rings. The van der Waals surface area contributed by atoms with Crippen LogP contribution in [-0.4, -0.2) is 39.5 Å². The SMILES string of the molecule is CCCN(CCC)C(=O)Cn1c(C)c(C(=O)O)sc1=O. The summed E-state index contributed by atoms with van der Waals surface area (Å²) in [4.78, 5) is 36.3. The predicted molar refractivity (Wildman–Crippen MR) is 77.4 cm³/mol. The third-order valence-corrected chi connectivity index (χ3v) is 4.04. The minimum Gasteiger partial charge on any atom is -0.477 e. The Labute approximate surface area is 121 Å². The van der Waals surface area contributed by atoms with Gasteiger partial charge in [0.25, 0.3) is 0 Å². The van der Waals surface area contributed by atoms with Gasteiger partial charge in [0.2, 0.25) is 5.91 Å². The lowest BCUT2D eigenvalue weighted by Gasteiger charge is -2.21. The molecule has 1 heterocycles. The van der Waals surface area contributed by atoms with Gasteiger partial charge < -0.3 is 10.0 Å². The topological polar surface area (TPSA) is 79.6 Å². The van der Waals surface area contributed by atoms with Crippen molar-refractivity contribution < 1.29 is 14.7 Å². The van der Waals surface area contributed by atoms with Crippen LogP contribution in [0.2, 0.25) is 0 Å². The highest BCUT2D eigenvalue weighted by molar-refractivity contribution is 7.11. The van der Waals surface area contributed by atoms with Gasteiger partial charge >= 0.3 is 10.8 Å². The molecule has 20 heavy (non-hydrogen) atoms. The first-order valence-corrected chi connectivity index (χ1v) is 7.45. The first kappa shape index (κ1) is 16.4. The number of aromatic nitrogens is 1. The van der Waals surface area contributed by atoms with E-state index in [0.29, 0.717) is 30.1 Å². The fourth-order valence-corrected chi connectivity index (χ4v) is 2.83. The number of thiazole rings is 1. The molecule has 7 heteroatoms. The Bertz CT molecular complexity index is 541. The third kappa shape index (κ3) is 3.69. The lowest BCUT2D eigenvalue weighted by atomic mass is 10.3. The quantitative estimate of drug-likeness (QED) is 0.829. The van der Waals surface area contributed by atoms with Gasteiger partial charge in [0.1, 0.15) is 11.4 Å². The van der Waals surface area contributed by atoms with E-state index in [4.69, 9.17) is 5.11 Å². The van der Waals surface area contributed by atoms with Gasteiger partial charge in [-0.25, -0.2) is 4.79 Å². The van der Waals surface area contributed by atoms with Crippen molar-refractivity contribution in [1.82, 2.24) is 9.47 Å². The average Bonchev–Trinajstić information content (AvgIpc) is 2.66. The predicted octanol–water partition coefficient (Wildman–Crippen LogP) is 1.57. The highest BCUT2D eigenvalue weighted by Gasteiger charge is 2.20. The number of rotatable bonds is 7. The zero-order valence-electron chi connectivity index (χ0n) is 12.0.